The van der Waals surface area contributed by atoms with Crippen molar-refractivity contribution in [3.63, 3.8) is 0 Å². The fraction of sp³-hybridized carbons (Fsp3) is 0.538. The molecule has 88 valence electrons. The smallest absolute Gasteiger partial charge is 0.187 e. The summed E-state index contributed by atoms with van der Waals surface area (Å²) in [4.78, 5) is 0. The molecule has 1 unspecified atom stereocenters. The zero-order valence-electron chi connectivity index (χ0n) is 9.90. The number of hydrogen-bond acceptors (Lipinski definition) is 3. The summed E-state index contributed by atoms with van der Waals surface area (Å²) in [6.07, 6.45) is 2.00. The molecule has 3 heteroatoms. The van der Waals surface area contributed by atoms with E-state index in [9.17, 15) is 0 Å². The maximum atomic E-state index is 5.61. The molecule has 0 radical (unpaired) electrons. The molecule has 1 aromatic rings. The number of hydrogen-bond donors (Lipinski definition) is 1. The summed E-state index contributed by atoms with van der Waals surface area (Å²) in [5, 5.41) is 3.48. The summed E-state index contributed by atoms with van der Waals surface area (Å²) in [6, 6.07) is 10.4. The van der Waals surface area contributed by atoms with Crippen LogP contribution in [-0.4, -0.2) is 26.6 Å². The maximum Gasteiger partial charge on any atom is 0.187 e. The third-order valence-corrected chi connectivity index (χ3v) is 3.31. The summed E-state index contributed by atoms with van der Waals surface area (Å²) in [6.45, 7) is 1.01. The Hall–Kier alpha value is -0.900. The van der Waals surface area contributed by atoms with Crippen LogP contribution < -0.4 is 5.32 Å². The van der Waals surface area contributed by atoms with Gasteiger partial charge in [0, 0.05) is 20.6 Å². The Bertz CT molecular complexity index is 322. The Morgan fingerprint density at radius 3 is 2.50 bits per heavy atom. The first kappa shape index (κ1) is 11.6. The highest BCUT2D eigenvalue weighted by Crippen LogP contribution is 2.36. The van der Waals surface area contributed by atoms with Crippen LogP contribution in [-0.2, 0) is 9.47 Å². The zero-order chi connectivity index (χ0) is 11.4. The Labute approximate surface area is 96.8 Å². The van der Waals surface area contributed by atoms with Gasteiger partial charge in [-0.2, -0.15) is 0 Å². The minimum Gasteiger partial charge on any atom is -0.351 e. The lowest BCUT2D eigenvalue weighted by atomic mass is 9.91. The van der Waals surface area contributed by atoms with Gasteiger partial charge in [0.1, 0.15) is 0 Å². The van der Waals surface area contributed by atoms with E-state index in [0.717, 1.165) is 19.4 Å². The molecule has 1 aliphatic rings. The van der Waals surface area contributed by atoms with Crippen molar-refractivity contribution in [3.8, 4) is 0 Å². The standard InChI is InChI=1S/C13H19NO2/c1-15-13(16-2)9-6-10-14-12(13)11-7-4-3-5-8-11/h3-5,7-8,12,14H,6,9-10H2,1-2H3. The van der Waals surface area contributed by atoms with Gasteiger partial charge in [0.25, 0.3) is 0 Å². The van der Waals surface area contributed by atoms with Crippen molar-refractivity contribution in [2.75, 3.05) is 20.8 Å². The number of piperidine rings is 1. The molecular formula is C13H19NO2. The predicted octanol–water partition coefficient (Wildman–Crippen LogP) is 2.10. The van der Waals surface area contributed by atoms with Crippen LogP contribution in [0, 0.1) is 0 Å². The average molecular weight is 221 g/mol. The van der Waals surface area contributed by atoms with E-state index in [0.29, 0.717) is 0 Å². The fourth-order valence-corrected chi connectivity index (χ4v) is 2.42. The minimum absolute atomic E-state index is 0.109. The quantitative estimate of drug-likeness (QED) is 0.793. The van der Waals surface area contributed by atoms with E-state index in [1.165, 1.54) is 5.56 Å². The molecule has 0 amide bonds. The molecule has 0 spiro atoms. The van der Waals surface area contributed by atoms with Crippen molar-refractivity contribution < 1.29 is 9.47 Å². The zero-order valence-corrected chi connectivity index (χ0v) is 9.90. The highest BCUT2D eigenvalue weighted by molar-refractivity contribution is 5.22. The number of benzene rings is 1. The fourth-order valence-electron chi connectivity index (χ4n) is 2.42. The van der Waals surface area contributed by atoms with Gasteiger partial charge in [0.2, 0.25) is 0 Å². The van der Waals surface area contributed by atoms with E-state index < -0.39 is 5.79 Å². The summed E-state index contributed by atoms with van der Waals surface area (Å²) >= 11 is 0. The average Bonchev–Trinajstić information content (AvgIpc) is 2.39. The summed E-state index contributed by atoms with van der Waals surface area (Å²) in [5.74, 6) is -0.528. The van der Waals surface area contributed by atoms with E-state index in [1.54, 1.807) is 14.2 Å². The molecule has 1 N–H and O–H groups in total. The van der Waals surface area contributed by atoms with E-state index >= 15 is 0 Å². The lowest BCUT2D eigenvalue weighted by Gasteiger charge is -2.42. The van der Waals surface area contributed by atoms with Gasteiger partial charge in [-0.25, -0.2) is 0 Å². The van der Waals surface area contributed by atoms with E-state index in [4.69, 9.17) is 9.47 Å². The Morgan fingerprint density at radius 1 is 1.19 bits per heavy atom. The van der Waals surface area contributed by atoms with Crippen molar-refractivity contribution in [2.45, 2.75) is 24.7 Å². The highest BCUT2D eigenvalue weighted by atomic mass is 16.7. The number of methoxy groups -OCH3 is 2. The lowest BCUT2D eigenvalue weighted by molar-refractivity contribution is -0.239. The molecule has 2 rings (SSSR count). The van der Waals surface area contributed by atoms with Crippen molar-refractivity contribution >= 4 is 0 Å². The highest BCUT2D eigenvalue weighted by Gasteiger charge is 2.42. The van der Waals surface area contributed by atoms with Gasteiger partial charge in [0.15, 0.2) is 5.79 Å². The lowest BCUT2D eigenvalue weighted by Crippen LogP contribution is -2.51. The third kappa shape index (κ3) is 1.98. The number of nitrogens with one attached hydrogen (secondary N) is 1. The van der Waals surface area contributed by atoms with Gasteiger partial charge in [-0.15, -0.1) is 0 Å². The van der Waals surface area contributed by atoms with Crippen molar-refractivity contribution in [1.82, 2.24) is 5.32 Å². The largest absolute Gasteiger partial charge is 0.351 e. The van der Waals surface area contributed by atoms with Crippen LogP contribution in [0.4, 0.5) is 0 Å². The van der Waals surface area contributed by atoms with E-state index in [1.807, 2.05) is 18.2 Å². The van der Waals surface area contributed by atoms with Crippen LogP contribution in [0.5, 0.6) is 0 Å². The van der Waals surface area contributed by atoms with E-state index in [2.05, 4.69) is 17.4 Å². The molecule has 1 aliphatic heterocycles. The maximum absolute atomic E-state index is 5.61. The second-order valence-corrected chi connectivity index (χ2v) is 4.12. The molecule has 1 heterocycles. The van der Waals surface area contributed by atoms with Gasteiger partial charge >= 0.3 is 0 Å². The molecule has 1 atom stereocenters. The summed E-state index contributed by atoms with van der Waals surface area (Å²) in [7, 11) is 3.43. The van der Waals surface area contributed by atoms with Crippen LogP contribution in [0.25, 0.3) is 0 Å². The minimum atomic E-state index is -0.528. The number of rotatable bonds is 3. The van der Waals surface area contributed by atoms with Gasteiger partial charge in [0.05, 0.1) is 6.04 Å². The van der Waals surface area contributed by atoms with Crippen LogP contribution in [0.1, 0.15) is 24.4 Å². The predicted molar refractivity (Wildman–Crippen MR) is 63.2 cm³/mol. The molecule has 1 fully saturated rings. The van der Waals surface area contributed by atoms with Gasteiger partial charge in [-0.1, -0.05) is 30.3 Å². The van der Waals surface area contributed by atoms with Crippen LogP contribution in [0.3, 0.4) is 0 Å². The van der Waals surface area contributed by atoms with Crippen molar-refractivity contribution in [1.29, 1.82) is 0 Å². The van der Waals surface area contributed by atoms with Crippen LogP contribution in [0.2, 0.25) is 0 Å². The molecular weight excluding hydrogens is 202 g/mol. The molecule has 1 saturated heterocycles. The summed E-state index contributed by atoms with van der Waals surface area (Å²) < 4.78 is 11.2. The van der Waals surface area contributed by atoms with Crippen LogP contribution >= 0.6 is 0 Å². The molecule has 0 bridgehead atoms. The molecule has 0 aromatic heterocycles. The number of ether oxygens (including phenoxy) is 2. The van der Waals surface area contributed by atoms with Gasteiger partial charge < -0.3 is 14.8 Å². The second kappa shape index (κ2) is 4.95. The van der Waals surface area contributed by atoms with Gasteiger partial charge in [-0.3, -0.25) is 0 Å². The first-order valence-corrected chi connectivity index (χ1v) is 5.71. The van der Waals surface area contributed by atoms with Crippen molar-refractivity contribution in [2.24, 2.45) is 0 Å². The normalized spacial score (nSPS) is 24.2. The first-order chi connectivity index (χ1) is 7.82. The molecule has 1 aromatic carbocycles. The summed E-state index contributed by atoms with van der Waals surface area (Å²) in [5.41, 5.74) is 1.21. The third-order valence-electron chi connectivity index (χ3n) is 3.31. The van der Waals surface area contributed by atoms with Crippen molar-refractivity contribution in [3.05, 3.63) is 35.9 Å². The monoisotopic (exact) mass is 221 g/mol. The molecule has 0 aliphatic carbocycles. The Balaban J connectivity index is 2.29. The SMILES string of the molecule is COC1(OC)CCCNC1c1ccccc1. The topological polar surface area (TPSA) is 30.5 Å². The first-order valence-electron chi connectivity index (χ1n) is 5.71. The van der Waals surface area contributed by atoms with Gasteiger partial charge in [-0.05, 0) is 18.5 Å². The molecule has 16 heavy (non-hydrogen) atoms. The van der Waals surface area contributed by atoms with E-state index in [-0.39, 0.29) is 6.04 Å². The Morgan fingerprint density at radius 2 is 1.88 bits per heavy atom. The second-order valence-electron chi connectivity index (χ2n) is 4.12. The molecule has 0 saturated carbocycles. The van der Waals surface area contributed by atoms with Crippen LogP contribution in [0.15, 0.2) is 30.3 Å². The Kier molecular flexibility index (Phi) is 3.59. The molecule has 3 nitrogen and oxygen atoms in total.